The van der Waals surface area contributed by atoms with Gasteiger partial charge in [-0.3, -0.25) is 14.9 Å². The van der Waals surface area contributed by atoms with E-state index in [0.29, 0.717) is 0 Å². The van der Waals surface area contributed by atoms with Crippen LogP contribution in [0.4, 0.5) is 4.79 Å². The Kier molecular flexibility index (Phi) is 8.40. The summed E-state index contributed by atoms with van der Waals surface area (Å²) in [6, 6.07) is 16.3. The van der Waals surface area contributed by atoms with Gasteiger partial charge < -0.3 is 19.7 Å². The van der Waals surface area contributed by atoms with E-state index >= 15 is 0 Å². The molecule has 2 aliphatic rings. The summed E-state index contributed by atoms with van der Waals surface area (Å²) < 4.78 is 11.2. The topological polar surface area (TPSA) is 114 Å². The smallest absolute Gasteiger partial charge is 0.411 e. The van der Waals surface area contributed by atoms with E-state index in [1.807, 2.05) is 60.7 Å². The third kappa shape index (κ3) is 5.91. The number of nitrogens with one attached hydrogen (secondary N) is 2. The minimum atomic E-state index is -1.25. The zero-order valence-electron chi connectivity index (χ0n) is 20.1. The van der Waals surface area contributed by atoms with Crippen LogP contribution in [0, 0.1) is 0 Å². The van der Waals surface area contributed by atoms with Crippen molar-refractivity contribution in [1.29, 1.82) is 0 Å². The van der Waals surface area contributed by atoms with Gasteiger partial charge in [-0.15, -0.1) is 23.4 Å². The second-order valence-electron chi connectivity index (χ2n) is 8.64. The fourth-order valence-electron chi connectivity index (χ4n) is 4.07. The number of esters is 1. The van der Waals surface area contributed by atoms with Crippen LogP contribution in [0.3, 0.4) is 0 Å². The van der Waals surface area contributed by atoms with Crippen LogP contribution in [0.25, 0.3) is 0 Å². The molecule has 37 heavy (non-hydrogen) atoms. The Morgan fingerprint density at radius 1 is 1.00 bits per heavy atom. The molecule has 11 heteroatoms. The van der Waals surface area contributed by atoms with E-state index in [-0.39, 0.29) is 11.6 Å². The maximum absolute atomic E-state index is 13.7. The molecule has 4 rings (SSSR count). The predicted molar refractivity (Wildman–Crippen MR) is 138 cm³/mol. The fourth-order valence-corrected chi connectivity index (χ4v) is 5.32. The summed E-state index contributed by atoms with van der Waals surface area (Å²) in [7, 11) is 0. The molecular weight excluding hydrogens is 518 g/mol. The molecule has 2 heterocycles. The molecule has 1 saturated heterocycles. The van der Waals surface area contributed by atoms with Gasteiger partial charge in [-0.25, -0.2) is 9.59 Å². The van der Waals surface area contributed by atoms with Crippen LogP contribution in [0.5, 0.6) is 0 Å². The van der Waals surface area contributed by atoms with Crippen LogP contribution in [-0.4, -0.2) is 58.2 Å². The van der Waals surface area contributed by atoms with E-state index in [2.05, 4.69) is 10.6 Å². The number of alkyl halides is 1. The van der Waals surface area contributed by atoms with E-state index in [1.54, 1.807) is 19.3 Å². The summed E-state index contributed by atoms with van der Waals surface area (Å²) in [5.74, 6) is -2.03. The Hall–Kier alpha value is -3.50. The molecule has 0 aliphatic carbocycles. The number of carbonyl (C=O) groups is 4. The Balaban J connectivity index is 1.64. The Morgan fingerprint density at radius 2 is 1.59 bits per heavy atom. The molecule has 2 unspecified atom stereocenters. The molecule has 2 N–H and O–H groups in total. The molecule has 3 amide bonds. The van der Waals surface area contributed by atoms with Gasteiger partial charge in [0.1, 0.15) is 17.3 Å². The highest BCUT2D eigenvalue weighted by Gasteiger charge is 2.56. The lowest BCUT2D eigenvalue weighted by Crippen LogP contribution is -2.74. The fraction of sp³-hybridized carbons (Fsp3) is 0.308. The number of hydrogen-bond acceptors (Lipinski definition) is 7. The first-order valence-electron chi connectivity index (χ1n) is 11.6. The molecule has 9 nitrogen and oxygen atoms in total. The van der Waals surface area contributed by atoms with Gasteiger partial charge in [-0.2, -0.15) is 0 Å². The third-order valence-electron chi connectivity index (χ3n) is 5.68. The van der Waals surface area contributed by atoms with E-state index in [4.69, 9.17) is 21.1 Å². The Morgan fingerprint density at radius 3 is 2.14 bits per heavy atom. The zero-order chi connectivity index (χ0) is 26.5. The normalized spacial score (nSPS) is 20.5. The number of halogens is 1. The summed E-state index contributed by atoms with van der Waals surface area (Å²) >= 11 is 6.77. The monoisotopic (exact) mass is 543 g/mol. The number of rotatable bonds is 8. The largest absolute Gasteiger partial charge is 0.451 e. The lowest BCUT2D eigenvalue weighted by atomic mass is 9.99. The van der Waals surface area contributed by atoms with Crippen molar-refractivity contribution >= 4 is 47.2 Å². The maximum atomic E-state index is 13.7. The molecule has 194 valence electrons. The Labute approximate surface area is 223 Å². The van der Waals surface area contributed by atoms with Crippen molar-refractivity contribution < 1.29 is 28.7 Å². The summed E-state index contributed by atoms with van der Waals surface area (Å²) in [6.07, 6.45) is -1.91. The first-order valence-corrected chi connectivity index (χ1v) is 13.1. The standard InChI is InChI=1S/C26H26ClN3O6S/c1-15(2)35-26(34)28-18-14-37-24-20(29-19(31)13-27)23(32)30(24)21(18)25(33)36-22(16-9-5-3-6-10-16)17-11-7-4-8-12-17/h3-12,14-15,20-22,24H,13H2,1-2H3,(H,28,34)(H,29,31)/t20?,21?,24-/m1/s1. The number of amides is 3. The van der Waals surface area contributed by atoms with Crippen molar-refractivity contribution in [2.24, 2.45) is 0 Å². The van der Waals surface area contributed by atoms with Gasteiger partial charge in [0.2, 0.25) is 11.8 Å². The van der Waals surface area contributed by atoms with Crippen LogP contribution in [0.15, 0.2) is 71.8 Å². The van der Waals surface area contributed by atoms with Gasteiger partial charge in [0.15, 0.2) is 12.1 Å². The quantitative estimate of drug-likeness (QED) is 0.298. The van der Waals surface area contributed by atoms with Crippen LogP contribution in [0.2, 0.25) is 0 Å². The van der Waals surface area contributed by atoms with Gasteiger partial charge in [-0.1, -0.05) is 60.7 Å². The number of β-lactam (4-membered cyclic amide) rings is 1. The lowest BCUT2D eigenvalue weighted by molar-refractivity contribution is -0.165. The number of fused-ring (bicyclic) bond motifs is 1. The molecule has 3 atom stereocenters. The molecule has 0 saturated carbocycles. The van der Waals surface area contributed by atoms with E-state index < -0.39 is 53.5 Å². The molecule has 0 aromatic heterocycles. The molecule has 2 aromatic carbocycles. The molecular formula is C26H26ClN3O6S. The summed E-state index contributed by atoms with van der Waals surface area (Å²) in [4.78, 5) is 52.3. The van der Waals surface area contributed by atoms with Crippen LogP contribution in [-0.2, 0) is 23.9 Å². The van der Waals surface area contributed by atoms with Crippen molar-refractivity contribution in [3.8, 4) is 0 Å². The number of nitrogens with zero attached hydrogens (tertiary/aromatic N) is 1. The van der Waals surface area contributed by atoms with Gasteiger partial charge in [0, 0.05) is 0 Å². The van der Waals surface area contributed by atoms with Crippen LogP contribution < -0.4 is 10.6 Å². The van der Waals surface area contributed by atoms with Crippen LogP contribution >= 0.6 is 23.4 Å². The average molecular weight is 544 g/mol. The van der Waals surface area contributed by atoms with E-state index in [9.17, 15) is 19.2 Å². The van der Waals surface area contributed by atoms with Gasteiger partial charge in [-0.05, 0) is 30.4 Å². The van der Waals surface area contributed by atoms with Gasteiger partial charge in [0.25, 0.3) is 0 Å². The van der Waals surface area contributed by atoms with Gasteiger partial charge in [0.05, 0.1) is 11.8 Å². The van der Waals surface area contributed by atoms with Crippen LogP contribution in [0.1, 0.15) is 31.1 Å². The predicted octanol–water partition coefficient (Wildman–Crippen LogP) is 3.30. The van der Waals surface area contributed by atoms with E-state index in [1.165, 1.54) is 16.7 Å². The minimum Gasteiger partial charge on any atom is -0.451 e. The van der Waals surface area contributed by atoms with Crippen molar-refractivity contribution in [2.75, 3.05) is 5.88 Å². The summed E-state index contributed by atoms with van der Waals surface area (Å²) in [6.45, 7) is 3.39. The van der Waals surface area contributed by atoms with Crippen molar-refractivity contribution in [2.45, 2.75) is 43.5 Å². The number of carbonyl (C=O) groups excluding carboxylic acids is 4. The first kappa shape index (κ1) is 26.6. The highest BCUT2D eigenvalue weighted by molar-refractivity contribution is 8.02. The number of hydrogen-bond donors (Lipinski definition) is 2. The number of thioether (sulfide) groups is 1. The SMILES string of the molecule is CC(C)OC(=O)NC1=CS[C@@H]2C(NC(=O)CCl)C(=O)N2C1C(=O)OC(c1ccccc1)c1ccccc1. The second kappa shape index (κ2) is 11.7. The van der Waals surface area contributed by atoms with E-state index in [0.717, 1.165) is 11.1 Å². The molecule has 2 aliphatic heterocycles. The van der Waals surface area contributed by atoms with Crippen molar-refractivity contribution in [1.82, 2.24) is 15.5 Å². The highest BCUT2D eigenvalue weighted by Crippen LogP contribution is 2.40. The molecule has 2 aromatic rings. The molecule has 0 bridgehead atoms. The van der Waals surface area contributed by atoms with Gasteiger partial charge >= 0.3 is 12.1 Å². The molecule has 0 radical (unpaired) electrons. The number of alkyl carbamates (subject to hydrolysis) is 1. The molecule has 0 spiro atoms. The number of benzene rings is 2. The minimum absolute atomic E-state index is 0.146. The lowest BCUT2D eigenvalue weighted by Gasteiger charge is -2.51. The number of ether oxygens (including phenoxy) is 2. The second-order valence-corrected chi connectivity index (χ2v) is 9.90. The first-order chi connectivity index (χ1) is 17.8. The third-order valence-corrected chi connectivity index (χ3v) is 7.09. The average Bonchev–Trinajstić information content (AvgIpc) is 2.90. The maximum Gasteiger partial charge on any atom is 0.411 e. The zero-order valence-corrected chi connectivity index (χ0v) is 21.7. The molecule has 1 fully saturated rings. The summed E-state index contributed by atoms with van der Waals surface area (Å²) in [5, 5.41) is 6.15. The summed E-state index contributed by atoms with van der Waals surface area (Å²) in [5.41, 5.74) is 1.62. The van der Waals surface area contributed by atoms with Crippen molar-refractivity contribution in [3.05, 3.63) is 82.9 Å². The highest BCUT2D eigenvalue weighted by atomic mass is 35.5. The Bertz CT molecular complexity index is 1150. The van der Waals surface area contributed by atoms with Crippen molar-refractivity contribution in [3.63, 3.8) is 0 Å².